The van der Waals surface area contributed by atoms with E-state index in [1.807, 2.05) is 13.0 Å². The van der Waals surface area contributed by atoms with Crippen LogP contribution in [0.15, 0.2) is 18.2 Å². The summed E-state index contributed by atoms with van der Waals surface area (Å²) in [7, 11) is 4.49. The van der Waals surface area contributed by atoms with Crippen LogP contribution < -0.4 is 15.0 Å². The number of carbonyl (C=O) groups excluding carboxylic acids is 2. The van der Waals surface area contributed by atoms with E-state index in [-0.39, 0.29) is 23.9 Å². The molecule has 1 saturated heterocycles. The smallest absolute Gasteiger partial charge is 0.338 e. The summed E-state index contributed by atoms with van der Waals surface area (Å²) in [5, 5.41) is 3.30. The highest BCUT2D eigenvalue weighted by Crippen LogP contribution is 2.28. The predicted octanol–water partition coefficient (Wildman–Crippen LogP) is 2.44. The second kappa shape index (κ2) is 10.0. The van der Waals surface area contributed by atoms with Crippen LogP contribution in [0, 0.1) is 0 Å². The predicted molar refractivity (Wildman–Crippen MR) is 116 cm³/mol. The first-order valence-corrected chi connectivity index (χ1v) is 10.4. The van der Waals surface area contributed by atoms with Crippen LogP contribution >= 0.6 is 11.6 Å². The van der Waals surface area contributed by atoms with E-state index in [0.29, 0.717) is 42.4 Å². The zero-order valence-electron chi connectivity index (χ0n) is 18.0. The van der Waals surface area contributed by atoms with Gasteiger partial charge in [-0.25, -0.2) is 9.78 Å². The number of halogens is 1. The van der Waals surface area contributed by atoms with Gasteiger partial charge in [-0.1, -0.05) is 18.5 Å². The number of H-pyrrole nitrogens is 1. The number of carbonyl (C=O) groups is 2. The van der Waals surface area contributed by atoms with Gasteiger partial charge in [-0.05, 0) is 25.0 Å². The number of benzene rings is 1. The van der Waals surface area contributed by atoms with Crippen LogP contribution in [-0.4, -0.2) is 68.4 Å². The zero-order valence-corrected chi connectivity index (χ0v) is 18.8. The molecule has 1 aromatic heterocycles. The monoisotopic (exact) mass is 450 g/mol. The van der Waals surface area contributed by atoms with Gasteiger partial charge >= 0.3 is 5.97 Å². The highest BCUT2D eigenvalue weighted by molar-refractivity contribution is 6.30. The number of ether oxygens (including phenoxy) is 3. The van der Waals surface area contributed by atoms with Crippen LogP contribution in [-0.2, 0) is 15.9 Å². The molecule has 0 aliphatic carbocycles. The fourth-order valence-electron chi connectivity index (χ4n) is 3.64. The summed E-state index contributed by atoms with van der Waals surface area (Å²) in [5.41, 5.74) is 1.95. The van der Waals surface area contributed by atoms with Crippen molar-refractivity contribution in [1.82, 2.24) is 15.3 Å². The lowest BCUT2D eigenvalue weighted by atomic mass is 10.00. The molecule has 1 aliphatic rings. The van der Waals surface area contributed by atoms with Gasteiger partial charge in [-0.3, -0.25) is 4.79 Å². The van der Waals surface area contributed by atoms with Crippen molar-refractivity contribution in [3.8, 4) is 5.75 Å². The van der Waals surface area contributed by atoms with E-state index < -0.39 is 5.97 Å². The van der Waals surface area contributed by atoms with Crippen molar-refractivity contribution in [2.75, 3.05) is 39.3 Å². The van der Waals surface area contributed by atoms with Gasteiger partial charge < -0.3 is 29.4 Å². The topological polar surface area (TPSA) is 106 Å². The van der Waals surface area contributed by atoms with E-state index in [4.69, 9.17) is 25.8 Å². The fraction of sp³-hybridized carbons (Fsp3) is 0.476. The number of aryl methyl sites for hydroxylation is 1. The maximum absolute atomic E-state index is 12.6. The normalized spacial score (nSPS) is 18.5. The molecule has 1 aliphatic heterocycles. The number of anilines is 1. The third-order valence-electron chi connectivity index (χ3n) is 5.39. The number of methoxy groups -OCH3 is 3. The SMILES string of the molecule is CCc1[nH]c(C(=O)NC2CCN(c3cc(OC)cc(C(=O)OC)c3)CC2OC)nc1Cl. The molecular formula is C21H27ClN4O5. The van der Waals surface area contributed by atoms with Crippen molar-refractivity contribution in [2.45, 2.75) is 31.9 Å². The molecule has 9 nitrogen and oxygen atoms in total. The minimum absolute atomic E-state index is 0.189. The molecule has 31 heavy (non-hydrogen) atoms. The zero-order chi connectivity index (χ0) is 22.5. The van der Waals surface area contributed by atoms with Crippen LogP contribution in [0.3, 0.4) is 0 Å². The number of aromatic amines is 1. The Morgan fingerprint density at radius 1 is 1.29 bits per heavy atom. The van der Waals surface area contributed by atoms with Gasteiger partial charge in [-0.2, -0.15) is 0 Å². The van der Waals surface area contributed by atoms with E-state index in [1.165, 1.54) is 7.11 Å². The number of imidazole rings is 1. The van der Waals surface area contributed by atoms with E-state index in [1.54, 1.807) is 26.4 Å². The summed E-state index contributed by atoms with van der Waals surface area (Å²) < 4.78 is 15.8. The quantitative estimate of drug-likeness (QED) is 0.624. The van der Waals surface area contributed by atoms with Crippen LogP contribution in [0.5, 0.6) is 5.75 Å². The molecule has 1 amide bonds. The van der Waals surface area contributed by atoms with Crippen molar-refractivity contribution in [3.05, 3.63) is 40.4 Å². The standard InChI is InChI=1S/C21H27ClN4O5/c1-5-15-18(22)25-19(23-15)20(27)24-16-6-7-26(11-17(16)30-3)13-8-12(21(28)31-4)9-14(10-13)29-2/h8-10,16-17H,5-7,11H2,1-4H3,(H,23,25)(H,24,27). The largest absolute Gasteiger partial charge is 0.497 e. The summed E-state index contributed by atoms with van der Waals surface area (Å²) in [6.07, 6.45) is 1.04. The lowest BCUT2D eigenvalue weighted by molar-refractivity contribution is 0.0537. The first-order chi connectivity index (χ1) is 14.9. The maximum atomic E-state index is 12.6. The number of amides is 1. The van der Waals surface area contributed by atoms with E-state index in [9.17, 15) is 9.59 Å². The molecule has 0 saturated carbocycles. The van der Waals surface area contributed by atoms with E-state index in [0.717, 1.165) is 11.4 Å². The van der Waals surface area contributed by atoms with Gasteiger partial charge in [-0.15, -0.1) is 0 Å². The Bertz CT molecular complexity index is 948. The molecule has 2 aromatic rings. The Hall–Kier alpha value is -2.78. The van der Waals surface area contributed by atoms with Gasteiger partial charge in [0.1, 0.15) is 5.75 Å². The number of esters is 1. The molecule has 0 bridgehead atoms. The molecule has 2 atom stereocenters. The van der Waals surface area contributed by atoms with Crippen molar-refractivity contribution in [2.24, 2.45) is 0 Å². The van der Waals surface area contributed by atoms with Gasteiger partial charge in [0.2, 0.25) is 0 Å². The molecule has 168 valence electrons. The molecule has 0 spiro atoms. The van der Waals surface area contributed by atoms with Gasteiger partial charge in [0.25, 0.3) is 5.91 Å². The Labute approximate surface area is 186 Å². The first kappa shape index (κ1) is 22.9. The Morgan fingerprint density at radius 3 is 2.68 bits per heavy atom. The number of hydrogen-bond acceptors (Lipinski definition) is 7. The average Bonchev–Trinajstić information content (AvgIpc) is 3.19. The number of nitrogens with zero attached hydrogens (tertiary/aromatic N) is 2. The lowest BCUT2D eigenvalue weighted by Gasteiger charge is -2.39. The molecule has 2 heterocycles. The maximum Gasteiger partial charge on any atom is 0.338 e. The van der Waals surface area contributed by atoms with E-state index in [2.05, 4.69) is 20.2 Å². The van der Waals surface area contributed by atoms with Crippen molar-refractivity contribution in [3.63, 3.8) is 0 Å². The highest BCUT2D eigenvalue weighted by atomic mass is 35.5. The number of piperidine rings is 1. The third kappa shape index (κ3) is 5.11. The molecule has 2 N–H and O–H groups in total. The fourth-order valence-corrected chi connectivity index (χ4v) is 3.91. The second-order valence-electron chi connectivity index (χ2n) is 7.21. The number of hydrogen-bond donors (Lipinski definition) is 2. The summed E-state index contributed by atoms with van der Waals surface area (Å²) in [6.45, 7) is 3.11. The molecule has 1 fully saturated rings. The third-order valence-corrected chi connectivity index (χ3v) is 5.70. The van der Waals surface area contributed by atoms with E-state index >= 15 is 0 Å². The molecule has 0 radical (unpaired) electrons. The summed E-state index contributed by atoms with van der Waals surface area (Å²) >= 11 is 6.05. The summed E-state index contributed by atoms with van der Waals surface area (Å²) in [6, 6.07) is 5.05. The van der Waals surface area contributed by atoms with Gasteiger partial charge in [0, 0.05) is 32.0 Å². The van der Waals surface area contributed by atoms with Gasteiger partial charge in [0.05, 0.1) is 37.6 Å². The lowest BCUT2D eigenvalue weighted by Crippen LogP contribution is -2.55. The van der Waals surface area contributed by atoms with Crippen LogP contribution in [0.4, 0.5) is 5.69 Å². The molecular weight excluding hydrogens is 424 g/mol. The van der Waals surface area contributed by atoms with Crippen LogP contribution in [0.2, 0.25) is 5.15 Å². The molecule has 2 unspecified atom stereocenters. The molecule has 10 heteroatoms. The Morgan fingerprint density at radius 2 is 2.06 bits per heavy atom. The second-order valence-corrected chi connectivity index (χ2v) is 7.57. The number of aromatic nitrogens is 2. The number of nitrogens with one attached hydrogen (secondary N) is 2. The van der Waals surface area contributed by atoms with Crippen molar-refractivity contribution in [1.29, 1.82) is 0 Å². The summed E-state index contributed by atoms with van der Waals surface area (Å²) in [5.74, 6) is -0.0102. The average molecular weight is 451 g/mol. The minimum atomic E-state index is -0.436. The first-order valence-electron chi connectivity index (χ1n) is 10.0. The van der Waals surface area contributed by atoms with Gasteiger partial charge in [0.15, 0.2) is 11.0 Å². The Balaban J connectivity index is 1.73. The molecule has 1 aromatic carbocycles. The van der Waals surface area contributed by atoms with Crippen LogP contribution in [0.1, 0.15) is 40.0 Å². The molecule has 3 rings (SSSR count). The summed E-state index contributed by atoms with van der Waals surface area (Å²) in [4.78, 5) is 33.8. The van der Waals surface area contributed by atoms with Crippen molar-refractivity contribution < 1.29 is 23.8 Å². The van der Waals surface area contributed by atoms with Crippen molar-refractivity contribution >= 4 is 29.2 Å². The van der Waals surface area contributed by atoms with Crippen LogP contribution in [0.25, 0.3) is 0 Å². The highest BCUT2D eigenvalue weighted by Gasteiger charge is 2.32. The Kier molecular flexibility index (Phi) is 7.40. The number of rotatable bonds is 7. The minimum Gasteiger partial charge on any atom is -0.497 e.